The zero-order valence-corrected chi connectivity index (χ0v) is 9.25. The molecule has 1 unspecified atom stereocenters. The van der Waals surface area contributed by atoms with E-state index in [4.69, 9.17) is 10.5 Å². The maximum atomic E-state index is 11.6. The highest BCUT2D eigenvalue weighted by Crippen LogP contribution is 1.90. The van der Waals surface area contributed by atoms with Gasteiger partial charge in [-0.15, -0.1) is 0 Å². The van der Waals surface area contributed by atoms with Crippen LogP contribution < -0.4 is 11.1 Å². The Morgan fingerprint density at radius 1 is 1.50 bits per heavy atom. The Kier molecular flexibility index (Phi) is 7.14. The molecule has 0 rings (SSSR count). The molecule has 2 amide bonds. The van der Waals surface area contributed by atoms with Crippen molar-refractivity contribution in [1.29, 1.82) is 0 Å². The molecule has 0 aromatic heterocycles. The van der Waals surface area contributed by atoms with Crippen LogP contribution in [0.5, 0.6) is 0 Å². The van der Waals surface area contributed by atoms with Crippen LogP contribution in [0.1, 0.15) is 13.8 Å². The maximum Gasteiger partial charge on any atom is 0.317 e. The highest BCUT2D eigenvalue weighted by atomic mass is 16.5. The number of carbonyl (C=O) groups excluding carboxylic acids is 1. The second-order valence-electron chi connectivity index (χ2n) is 3.01. The number of carbonyl (C=O) groups is 1. The fraction of sp³-hybridized carbons (Fsp3) is 0.889. The molecule has 1 atom stereocenters. The van der Waals surface area contributed by atoms with Gasteiger partial charge in [-0.3, -0.25) is 0 Å². The maximum absolute atomic E-state index is 11.6. The van der Waals surface area contributed by atoms with Crippen molar-refractivity contribution in [3.63, 3.8) is 0 Å². The van der Waals surface area contributed by atoms with Gasteiger partial charge in [0.05, 0.1) is 12.6 Å². The molecule has 84 valence electrons. The molecule has 3 N–H and O–H groups in total. The van der Waals surface area contributed by atoms with Crippen LogP contribution in [0.15, 0.2) is 0 Å². The van der Waals surface area contributed by atoms with Gasteiger partial charge in [0.2, 0.25) is 0 Å². The molecular weight excluding hydrogens is 182 g/mol. The molecule has 0 heterocycles. The number of amides is 2. The summed E-state index contributed by atoms with van der Waals surface area (Å²) in [5.41, 5.74) is 5.48. The Balaban J connectivity index is 3.99. The number of methoxy groups -OCH3 is 1. The van der Waals surface area contributed by atoms with E-state index in [9.17, 15) is 4.79 Å². The fourth-order valence-electron chi connectivity index (χ4n) is 1.15. The van der Waals surface area contributed by atoms with Gasteiger partial charge in [0.25, 0.3) is 0 Å². The van der Waals surface area contributed by atoms with E-state index in [1.165, 1.54) is 0 Å². The van der Waals surface area contributed by atoms with E-state index in [2.05, 4.69) is 5.32 Å². The van der Waals surface area contributed by atoms with Gasteiger partial charge in [-0.05, 0) is 13.8 Å². The Labute approximate surface area is 85.6 Å². The largest absolute Gasteiger partial charge is 0.383 e. The lowest BCUT2D eigenvalue weighted by molar-refractivity contribution is 0.158. The Morgan fingerprint density at radius 2 is 2.07 bits per heavy atom. The Bertz CT molecular complexity index is 160. The van der Waals surface area contributed by atoms with E-state index in [-0.39, 0.29) is 12.1 Å². The number of rotatable bonds is 6. The molecule has 0 radical (unpaired) electrons. The molecule has 0 aliphatic carbocycles. The normalized spacial score (nSPS) is 12.3. The first-order valence-corrected chi connectivity index (χ1v) is 4.93. The highest BCUT2D eigenvalue weighted by Gasteiger charge is 2.13. The van der Waals surface area contributed by atoms with E-state index in [1.54, 1.807) is 12.0 Å². The van der Waals surface area contributed by atoms with Crippen molar-refractivity contribution in [3.8, 4) is 0 Å². The molecule has 0 bridgehead atoms. The summed E-state index contributed by atoms with van der Waals surface area (Å²) in [6.07, 6.45) is 0. The minimum absolute atomic E-state index is 0.0810. The summed E-state index contributed by atoms with van der Waals surface area (Å²) in [6, 6.07) is -0.185. The van der Waals surface area contributed by atoms with Gasteiger partial charge < -0.3 is 20.7 Å². The standard InChI is InChI=1S/C9H21N3O2/c1-4-12(5-2)9(13)11-8(6-10)7-14-3/h8H,4-7,10H2,1-3H3,(H,11,13). The predicted molar refractivity (Wildman–Crippen MR) is 56.2 cm³/mol. The van der Waals surface area contributed by atoms with Crippen LogP contribution in [0.3, 0.4) is 0 Å². The fourth-order valence-corrected chi connectivity index (χ4v) is 1.15. The molecule has 5 nitrogen and oxygen atoms in total. The van der Waals surface area contributed by atoms with Crippen molar-refractivity contribution in [2.24, 2.45) is 5.73 Å². The highest BCUT2D eigenvalue weighted by molar-refractivity contribution is 5.74. The van der Waals surface area contributed by atoms with Crippen LogP contribution in [-0.2, 0) is 4.74 Å². The lowest BCUT2D eigenvalue weighted by Gasteiger charge is -2.23. The minimum Gasteiger partial charge on any atom is -0.383 e. The van der Waals surface area contributed by atoms with Crippen molar-refractivity contribution < 1.29 is 9.53 Å². The number of nitrogens with one attached hydrogen (secondary N) is 1. The van der Waals surface area contributed by atoms with Crippen LogP contribution >= 0.6 is 0 Å². The molecule has 14 heavy (non-hydrogen) atoms. The smallest absolute Gasteiger partial charge is 0.317 e. The summed E-state index contributed by atoms with van der Waals surface area (Å²) in [4.78, 5) is 13.3. The molecule has 0 aliphatic rings. The number of urea groups is 1. The first-order chi connectivity index (χ1) is 6.69. The molecule has 5 heteroatoms. The van der Waals surface area contributed by atoms with Gasteiger partial charge in [0.1, 0.15) is 0 Å². The predicted octanol–water partition coefficient (Wildman–Crippen LogP) is 0.0115. The zero-order chi connectivity index (χ0) is 11.0. The second kappa shape index (κ2) is 7.58. The molecule has 0 saturated heterocycles. The third-order valence-corrected chi connectivity index (χ3v) is 2.03. The van der Waals surface area contributed by atoms with Gasteiger partial charge in [0, 0.05) is 26.7 Å². The molecule has 0 spiro atoms. The summed E-state index contributed by atoms with van der Waals surface area (Å²) in [7, 11) is 1.59. The first-order valence-electron chi connectivity index (χ1n) is 4.93. The van der Waals surface area contributed by atoms with Crippen molar-refractivity contribution in [1.82, 2.24) is 10.2 Å². The van der Waals surface area contributed by atoms with Gasteiger partial charge in [-0.2, -0.15) is 0 Å². The summed E-state index contributed by atoms with van der Waals surface area (Å²) < 4.78 is 4.93. The van der Waals surface area contributed by atoms with Crippen LogP contribution in [0.25, 0.3) is 0 Å². The van der Waals surface area contributed by atoms with Crippen LogP contribution in [-0.4, -0.2) is 50.3 Å². The quantitative estimate of drug-likeness (QED) is 0.639. The monoisotopic (exact) mass is 203 g/mol. The number of nitrogens with zero attached hydrogens (tertiary/aromatic N) is 1. The van der Waals surface area contributed by atoms with Crippen LogP contribution in [0.4, 0.5) is 4.79 Å². The lowest BCUT2D eigenvalue weighted by atomic mass is 10.3. The second-order valence-corrected chi connectivity index (χ2v) is 3.01. The molecule has 0 saturated carbocycles. The third-order valence-electron chi connectivity index (χ3n) is 2.03. The van der Waals surface area contributed by atoms with Crippen LogP contribution in [0.2, 0.25) is 0 Å². The summed E-state index contributed by atoms with van der Waals surface area (Å²) in [5.74, 6) is 0. The average Bonchev–Trinajstić information content (AvgIpc) is 2.19. The molecule has 0 aromatic carbocycles. The van der Waals surface area contributed by atoms with Crippen molar-refractivity contribution in [2.45, 2.75) is 19.9 Å². The number of hydrogen-bond donors (Lipinski definition) is 2. The van der Waals surface area contributed by atoms with E-state index in [1.807, 2.05) is 13.8 Å². The first kappa shape index (κ1) is 13.2. The molecule has 0 aromatic rings. The summed E-state index contributed by atoms with van der Waals surface area (Å²) in [5, 5.41) is 2.81. The number of nitrogens with two attached hydrogens (primary N) is 1. The SMILES string of the molecule is CCN(CC)C(=O)NC(CN)COC. The molecule has 0 fully saturated rings. The van der Waals surface area contributed by atoms with Gasteiger partial charge in [-0.1, -0.05) is 0 Å². The number of ether oxygens (including phenoxy) is 1. The van der Waals surface area contributed by atoms with E-state index in [0.717, 1.165) is 0 Å². The number of hydrogen-bond acceptors (Lipinski definition) is 3. The Hall–Kier alpha value is -0.810. The topological polar surface area (TPSA) is 67.6 Å². The van der Waals surface area contributed by atoms with Crippen LogP contribution in [0, 0.1) is 0 Å². The summed E-state index contributed by atoms with van der Waals surface area (Å²) >= 11 is 0. The third kappa shape index (κ3) is 4.43. The molecule has 0 aliphatic heterocycles. The summed E-state index contributed by atoms with van der Waals surface area (Å²) in [6.45, 7) is 6.12. The molecular formula is C9H21N3O2. The Morgan fingerprint density at radius 3 is 2.43 bits per heavy atom. The average molecular weight is 203 g/mol. The minimum atomic E-state index is -0.104. The van der Waals surface area contributed by atoms with E-state index < -0.39 is 0 Å². The lowest BCUT2D eigenvalue weighted by Crippen LogP contribution is -2.49. The van der Waals surface area contributed by atoms with Gasteiger partial charge in [0.15, 0.2) is 0 Å². The van der Waals surface area contributed by atoms with Crippen molar-refractivity contribution in [3.05, 3.63) is 0 Å². The van der Waals surface area contributed by atoms with Gasteiger partial charge in [-0.25, -0.2) is 4.79 Å². The van der Waals surface area contributed by atoms with E-state index >= 15 is 0 Å². The van der Waals surface area contributed by atoms with E-state index in [0.29, 0.717) is 26.2 Å². The van der Waals surface area contributed by atoms with Crippen molar-refractivity contribution >= 4 is 6.03 Å². The van der Waals surface area contributed by atoms with Gasteiger partial charge >= 0.3 is 6.03 Å². The zero-order valence-electron chi connectivity index (χ0n) is 9.25. The van der Waals surface area contributed by atoms with Crippen molar-refractivity contribution in [2.75, 3.05) is 33.4 Å².